The van der Waals surface area contributed by atoms with E-state index in [1.165, 1.54) is 20.8 Å². The van der Waals surface area contributed by atoms with E-state index in [0.29, 0.717) is 0 Å². The molecule has 0 aliphatic heterocycles. The minimum absolute atomic E-state index is 0.696. The first-order valence-electron chi connectivity index (χ1n) is 6.00. The summed E-state index contributed by atoms with van der Waals surface area (Å²) in [5, 5.41) is 9.06. The molecule has 0 fully saturated rings. The highest BCUT2D eigenvalue weighted by atomic mass is 19.4. The van der Waals surface area contributed by atoms with E-state index in [1.807, 2.05) is 0 Å². The van der Waals surface area contributed by atoms with E-state index in [0.717, 1.165) is 23.2 Å². The number of hydrogen-bond donors (Lipinski definition) is 1. The lowest BCUT2D eigenvalue weighted by atomic mass is 10.0. The second-order valence-corrected chi connectivity index (χ2v) is 5.36. The van der Waals surface area contributed by atoms with Crippen LogP contribution in [0, 0.1) is 0 Å². The van der Waals surface area contributed by atoms with Crippen LogP contribution in [0.1, 0.15) is 36.8 Å². The minimum Gasteiger partial charge on any atom is -0.465 e. The zero-order valence-corrected chi connectivity index (χ0v) is 11.7. The van der Waals surface area contributed by atoms with Gasteiger partial charge in [-0.2, -0.15) is 13.2 Å². The molecule has 0 aliphatic carbocycles. The molecule has 0 saturated carbocycles. The van der Waals surface area contributed by atoms with E-state index in [9.17, 15) is 22.8 Å². The zero-order valence-electron chi connectivity index (χ0n) is 11.7. The van der Waals surface area contributed by atoms with E-state index in [2.05, 4.69) is 4.98 Å². The van der Waals surface area contributed by atoms with Crippen molar-refractivity contribution in [2.45, 2.75) is 32.5 Å². The van der Waals surface area contributed by atoms with Crippen LogP contribution in [-0.2, 0) is 6.18 Å². The number of carboxylic acid groups (broad SMARTS) is 1. The maximum atomic E-state index is 12.8. The molecule has 1 rings (SSSR count). The van der Waals surface area contributed by atoms with Crippen molar-refractivity contribution in [3.63, 3.8) is 0 Å². The molecule has 0 aromatic carbocycles. The van der Waals surface area contributed by atoms with E-state index < -0.39 is 41.4 Å². The molecule has 8 heteroatoms. The number of carbonyl (C=O) groups is 2. The van der Waals surface area contributed by atoms with Crippen molar-refractivity contribution in [2.24, 2.45) is 0 Å². The highest BCUT2D eigenvalue weighted by molar-refractivity contribution is 5.98. The molecule has 1 aromatic heterocycles. The van der Waals surface area contributed by atoms with Crippen molar-refractivity contribution in [1.29, 1.82) is 0 Å². The van der Waals surface area contributed by atoms with Crippen LogP contribution in [0.4, 0.5) is 18.0 Å². The van der Waals surface area contributed by atoms with Gasteiger partial charge >= 0.3 is 12.3 Å². The van der Waals surface area contributed by atoms with Crippen molar-refractivity contribution < 1.29 is 27.9 Å². The van der Waals surface area contributed by atoms with Gasteiger partial charge < -0.3 is 5.11 Å². The van der Waals surface area contributed by atoms with Crippen molar-refractivity contribution in [2.75, 3.05) is 6.54 Å². The largest absolute Gasteiger partial charge is 0.465 e. The van der Waals surface area contributed by atoms with Gasteiger partial charge in [-0.15, -0.1) is 0 Å². The summed E-state index contributed by atoms with van der Waals surface area (Å²) in [7, 11) is 0. The monoisotopic (exact) mass is 304 g/mol. The normalized spacial score (nSPS) is 12.1. The molecule has 1 amide bonds. The van der Waals surface area contributed by atoms with Gasteiger partial charge in [0.05, 0.1) is 12.1 Å². The van der Waals surface area contributed by atoms with Gasteiger partial charge in [-0.25, -0.2) is 4.79 Å². The number of nitrogens with zero attached hydrogens (tertiary/aromatic N) is 2. The fourth-order valence-corrected chi connectivity index (χ4v) is 1.67. The predicted molar refractivity (Wildman–Crippen MR) is 68.1 cm³/mol. The van der Waals surface area contributed by atoms with Crippen LogP contribution in [-0.4, -0.2) is 39.0 Å². The van der Waals surface area contributed by atoms with E-state index in [4.69, 9.17) is 5.11 Å². The molecular weight excluding hydrogens is 289 g/mol. The number of rotatable bonds is 3. The quantitative estimate of drug-likeness (QED) is 0.871. The van der Waals surface area contributed by atoms with Crippen molar-refractivity contribution >= 4 is 11.9 Å². The zero-order chi connectivity index (χ0) is 16.4. The summed E-state index contributed by atoms with van der Waals surface area (Å²) >= 11 is 0. The molecule has 0 radical (unpaired) electrons. The summed E-state index contributed by atoms with van der Waals surface area (Å²) in [5.74, 6) is -1.000. The predicted octanol–water partition coefficient (Wildman–Crippen LogP) is 3.06. The van der Waals surface area contributed by atoms with Crippen LogP contribution in [0.5, 0.6) is 0 Å². The molecule has 0 unspecified atom stereocenters. The Balaban J connectivity index is 3.13. The number of pyridine rings is 1. The van der Waals surface area contributed by atoms with E-state index in [-0.39, 0.29) is 0 Å². The lowest BCUT2D eigenvalue weighted by molar-refractivity contribution is -0.138. The molecule has 1 aromatic rings. The van der Waals surface area contributed by atoms with Gasteiger partial charge in [-0.05, 0) is 32.9 Å². The van der Waals surface area contributed by atoms with Gasteiger partial charge in [0, 0.05) is 11.7 Å². The van der Waals surface area contributed by atoms with Gasteiger partial charge in [0.25, 0.3) is 0 Å². The molecule has 5 nitrogen and oxygen atoms in total. The number of aromatic nitrogens is 1. The summed E-state index contributed by atoms with van der Waals surface area (Å²) in [6.45, 7) is 3.92. The Kier molecular flexibility index (Phi) is 4.60. The molecule has 0 bridgehead atoms. The second kappa shape index (κ2) is 5.71. The lowest BCUT2D eigenvalue weighted by Gasteiger charge is -2.32. The molecule has 1 heterocycles. The van der Waals surface area contributed by atoms with Gasteiger partial charge in [0.15, 0.2) is 0 Å². The summed E-state index contributed by atoms with van der Waals surface area (Å²) in [6, 6.07) is 1.81. The Morgan fingerprint density at radius 3 is 2.29 bits per heavy atom. The average molecular weight is 304 g/mol. The molecule has 0 aliphatic rings. The average Bonchev–Trinajstić information content (AvgIpc) is 2.32. The Bertz CT molecular complexity index is 550. The number of alkyl halides is 3. The molecule has 0 saturated heterocycles. The van der Waals surface area contributed by atoms with Crippen molar-refractivity contribution in [3.05, 3.63) is 29.6 Å². The fraction of sp³-hybridized carbons (Fsp3) is 0.462. The summed E-state index contributed by atoms with van der Waals surface area (Å²) < 4.78 is 38.4. The number of halogens is 3. The number of carbonyl (C=O) groups excluding carboxylic acids is 1. The maximum Gasteiger partial charge on any atom is 0.418 e. The van der Waals surface area contributed by atoms with Gasteiger partial charge in [0.2, 0.25) is 5.78 Å². The van der Waals surface area contributed by atoms with Gasteiger partial charge in [-0.1, -0.05) is 0 Å². The molecule has 116 valence electrons. The SMILES string of the molecule is CC(C)(C)N(CC(=O)c1ncccc1C(F)(F)F)C(=O)O. The number of hydrogen-bond acceptors (Lipinski definition) is 3. The second-order valence-electron chi connectivity index (χ2n) is 5.36. The van der Waals surface area contributed by atoms with Crippen LogP contribution in [0.3, 0.4) is 0 Å². The Morgan fingerprint density at radius 1 is 1.29 bits per heavy atom. The van der Waals surface area contributed by atoms with E-state index in [1.54, 1.807) is 0 Å². The summed E-state index contributed by atoms with van der Waals surface area (Å²) in [5.41, 5.74) is -2.87. The van der Waals surface area contributed by atoms with Crippen molar-refractivity contribution in [1.82, 2.24) is 9.88 Å². The third-order valence-corrected chi connectivity index (χ3v) is 2.72. The lowest BCUT2D eigenvalue weighted by Crippen LogP contribution is -2.47. The number of ketones is 1. The summed E-state index contributed by atoms with van der Waals surface area (Å²) in [4.78, 5) is 27.4. The Hall–Kier alpha value is -2.12. The Morgan fingerprint density at radius 2 is 1.86 bits per heavy atom. The molecule has 0 spiro atoms. The van der Waals surface area contributed by atoms with Crippen LogP contribution in [0.15, 0.2) is 18.3 Å². The maximum absolute atomic E-state index is 12.8. The number of Topliss-reactive ketones (excluding diaryl/α,β-unsaturated/α-hetero) is 1. The Labute approximate surface area is 119 Å². The molecular formula is C13H15F3N2O3. The van der Waals surface area contributed by atoms with Crippen molar-refractivity contribution in [3.8, 4) is 0 Å². The van der Waals surface area contributed by atoms with E-state index >= 15 is 0 Å². The third-order valence-electron chi connectivity index (χ3n) is 2.72. The molecule has 1 N–H and O–H groups in total. The molecule has 21 heavy (non-hydrogen) atoms. The summed E-state index contributed by atoms with van der Waals surface area (Å²) in [6.07, 6.45) is -5.06. The fourth-order valence-electron chi connectivity index (χ4n) is 1.67. The highest BCUT2D eigenvalue weighted by Gasteiger charge is 2.37. The number of amides is 1. The smallest absolute Gasteiger partial charge is 0.418 e. The van der Waals surface area contributed by atoms with Crippen LogP contribution in [0.2, 0.25) is 0 Å². The van der Waals surface area contributed by atoms with Gasteiger partial charge in [0.1, 0.15) is 5.69 Å². The standard InChI is InChI=1S/C13H15F3N2O3/c1-12(2,3)18(11(20)21)7-9(19)10-8(13(14,15)16)5-4-6-17-10/h4-6H,7H2,1-3H3,(H,20,21). The minimum atomic E-state index is -4.73. The third kappa shape index (κ3) is 4.17. The highest BCUT2D eigenvalue weighted by Crippen LogP contribution is 2.31. The topological polar surface area (TPSA) is 70.5 Å². The van der Waals surface area contributed by atoms with Crippen LogP contribution < -0.4 is 0 Å². The van der Waals surface area contributed by atoms with Crippen LogP contribution >= 0.6 is 0 Å². The first-order valence-corrected chi connectivity index (χ1v) is 6.00. The first kappa shape index (κ1) is 16.9. The van der Waals surface area contributed by atoms with Crippen LogP contribution in [0.25, 0.3) is 0 Å². The molecule has 0 atom stereocenters. The van der Waals surface area contributed by atoms with Gasteiger partial charge in [-0.3, -0.25) is 14.7 Å². The first-order chi connectivity index (χ1) is 9.44.